The van der Waals surface area contributed by atoms with Crippen molar-refractivity contribution in [2.75, 3.05) is 24.7 Å². The Morgan fingerprint density at radius 1 is 1.31 bits per heavy atom. The van der Waals surface area contributed by atoms with E-state index in [1.807, 2.05) is 0 Å². The number of nitrogens with zero attached hydrogens (tertiary/aromatic N) is 3. The Morgan fingerprint density at radius 2 is 2.04 bits per heavy atom. The van der Waals surface area contributed by atoms with Crippen LogP contribution in [0, 0.1) is 0 Å². The zero-order valence-electron chi connectivity index (χ0n) is 13.5. The second-order valence-electron chi connectivity index (χ2n) is 5.22. The van der Waals surface area contributed by atoms with Crippen LogP contribution in [0.5, 0.6) is 0 Å². The molecule has 0 unspecified atom stereocenters. The third kappa shape index (κ3) is 5.18. The summed E-state index contributed by atoms with van der Waals surface area (Å²) in [4.78, 5) is 19.7. The maximum Gasteiger partial charge on any atom is 0.421 e. The first-order chi connectivity index (χ1) is 12.1. The third-order valence-electron chi connectivity index (χ3n) is 3.16. The quantitative estimate of drug-likeness (QED) is 0.579. The highest BCUT2D eigenvalue weighted by Gasteiger charge is 2.35. The second kappa shape index (κ2) is 7.72. The van der Waals surface area contributed by atoms with Crippen LogP contribution in [0.4, 0.5) is 19.0 Å². The van der Waals surface area contributed by atoms with Gasteiger partial charge >= 0.3 is 6.18 Å². The molecule has 26 heavy (non-hydrogen) atoms. The van der Waals surface area contributed by atoms with Gasteiger partial charge in [-0.25, -0.2) is 18.4 Å². The maximum atomic E-state index is 13.0. The second-order valence-corrected chi connectivity index (χ2v) is 7.13. The molecule has 2 heterocycles. The van der Waals surface area contributed by atoms with Gasteiger partial charge in [-0.05, 0) is 6.42 Å². The molecule has 1 aliphatic rings. The van der Waals surface area contributed by atoms with E-state index in [-0.39, 0.29) is 25.4 Å². The lowest BCUT2D eigenvalue weighted by Gasteiger charge is -2.17. The topological polar surface area (TPSA) is 101 Å². The Morgan fingerprint density at radius 3 is 2.69 bits per heavy atom. The van der Waals surface area contributed by atoms with Crippen LogP contribution < -0.4 is 5.32 Å². The van der Waals surface area contributed by atoms with Gasteiger partial charge in [0.05, 0.1) is 6.26 Å². The lowest BCUT2D eigenvalue weighted by atomic mass is 10.3. The Kier molecular flexibility index (Phi) is 5.85. The first-order valence-corrected chi connectivity index (χ1v) is 9.15. The van der Waals surface area contributed by atoms with E-state index < -0.39 is 32.6 Å². The minimum atomic E-state index is -4.75. The average Bonchev–Trinajstić information content (AvgIpc) is 2.74. The van der Waals surface area contributed by atoms with Crippen molar-refractivity contribution < 1.29 is 31.1 Å². The van der Waals surface area contributed by atoms with Crippen molar-refractivity contribution in [2.24, 2.45) is 0 Å². The molecule has 0 fully saturated rings. The van der Waals surface area contributed by atoms with Gasteiger partial charge in [-0.1, -0.05) is 0 Å². The van der Waals surface area contributed by atoms with Crippen LogP contribution >= 0.6 is 0 Å². The van der Waals surface area contributed by atoms with E-state index in [0.717, 1.165) is 6.26 Å². The predicted octanol–water partition coefficient (Wildman–Crippen LogP) is 1.54. The third-order valence-corrected chi connectivity index (χ3v) is 4.02. The number of rotatable bonds is 6. The van der Waals surface area contributed by atoms with Gasteiger partial charge in [0.15, 0.2) is 0 Å². The van der Waals surface area contributed by atoms with Gasteiger partial charge < -0.3 is 15.0 Å². The van der Waals surface area contributed by atoms with Crippen molar-refractivity contribution >= 4 is 21.6 Å². The first-order valence-electron chi connectivity index (χ1n) is 7.26. The summed E-state index contributed by atoms with van der Waals surface area (Å²) in [6, 6.07) is 0. The fourth-order valence-corrected chi connectivity index (χ4v) is 2.45. The van der Waals surface area contributed by atoms with Gasteiger partial charge in [-0.2, -0.15) is 13.2 Å². The van der Waals surface area contributed by atoms with Crippen LogP contribution in [-0.2, 0) is 25.5 Å². The van der Waals surface area contributed by atoms with E-state index in [9.17, 15) is 26.4 Å². The van der Waals surface area contributed by atoms with Gasteiger partial charge in [0.25, 0.3) is 5.91 Å². The van der Waals surface area contributed by atoms with E-state index >= 15 is 0 Å². The van der Waals surface area contributed by atoms with Gasteiger partial charge in [0, 0.05) is 37.8 Å². The Labute approximate surface area is 147 Å². The summed E-state index contributed by atoms with van der Waals surface area (Å²) in [5, 5.41) is 1.75. The normalized spacial score (nSPS) is 14.9. The fraction of sp³-hybridized carbons (Fsp3) is 0.357. The van der Waals surface area contributed by atoms with Crippen molar-refractivity contribution in [3.8, 4) is 0 Å². The molecule has 1 aromatic rings. The Bertz CT molecular complexity index is 837. The van der Waals surface area contributed by atoms with Gasteiger partial charge in [0.2, 0.25) is 15.0 Å². The minimum Gasteiger partial charge on any atom is -0.471 e. The van der Waals surface area contributed by atoms with Crippen LogP contribution in [-0.4, -0.2) is 48.5 Å². The van der Waals surface area contributed by atoms with Crippen LogP contribution in [0.3, 0.4) is 0 Å². The van der Waals surface area contributed by atoms with Crippen LogP contribution in [0.15, 0.2) is 36.2 Å². The summed E-state index contributed by atoms with van der Waals surface area (Å²) in [6.45, 7) is 0.229. The largest absolute Gasteiger partial charge is 0.471 e. The van der Waals surface area contributed by atoms with Crippen LogP contribution in [0.2, 0.25) is 0 Å². The number of sulfone groups is 1. The summed E-state index contributed by atoms with van der Waals surface area (Å²) in [6.07, 6.45) is 1.86. The minimum absolute atomic E-state index is 0.0193. The molecule has 2 rings (SSSR count). The lowest BCUT2D eigenvalue weighted by Crippen LogP contribution is -2.26. The SMILES string of the molecule is CS(=O)(=O)c1ncc(C(F)(F)F)c(NCCCN2C=COC=CC2=O)n1. The summed E-state index contributed by atoms with van der Waals surface area (Å²) < 4.78 is 66.8. The highest BCUT2D eigenvalue weighted by atomic mass is 32.2. The van der Waals surface area contributed by atoms with E-state index in [1.54, 1.807) is 0 Å². The van der Waals surface area contributed by atoms with Crippen molar-refractivity contribution in [3.63, 3.8) is 0 Å². The molecule has 0 radical (unpaired) electrons. The number of anilines is 1. The maximum absolute atomic E-state index is 13.0. The molecule has 1 N–H and O–H groups in total. The van der Waals surface area contributed by atoms with Crippen molar-refractivity contribution in [1.82, 2.24) is 14.9 Å². The number of hydrogen-bond donors (Lipinski definition) is 1. The standard InChI is InChI=1S/C14H15F3N4O4S/c1-26(23,24)13-19-9-10(14(15,16)17)12(20-13)18-4-2-5-21-6-8-25-7-3-11(21)22/h3,6-9H,2,4-5H2,1H3,(H,18,19,20). The van der Waals surface area contributed by atoms with E-state index in [0.29, 0.717) is 6.20 Å². The van der Waals surface area contributed by atoms with Crippen molar-refractivity contribution in [1.29, 1.82) is 0 Å². The molecule has 0 atom stereocenters. The predicted molar refractivity (Wildman–Crippen MR) is 84.3 cm³/mol. The molecule has 0 spiro atoms. The van der Waals surface area contributed by atoms with Crippen LogP contribution in [0.25, 0.3) is 0 Å². The van der Waals surface area contributed by atoms with Crippen molar-refractivity contribution in [3.05, 3.63) is 36.6 Å². The highest BCUT2D eigenvalue weighted by Crippen LogP contribution is 2.33. The molecular weight excluding hydrogens is 377 g/mol. The molecule has 0 saturated heterocycles. The van der Waals surface area contributed by atoms with Crippen LogP contribution in [0.1, 0.15) is 12.0 Å². The molecule has 0 aromatic carbocycles. The van der Waals surface area contributed by atoms with E-state index in [4.69, 9.17) is 4.74 Å². The number of amides is 1. The van der Waals surface area contributed by atoms with E-state index in [2.05, 4.69) is 15.3 Å². The zero-order valence-corrected chi connectivity index (χ0v) is 14.3. The van der Waals surface area contributed by atoms with Gasteiger partial charge in [0.1, 0.15) is 17.6 Å². The first kappa shape index (κ1) is 19.7. The summed E-state index contributed by atoms with van der Waals surface area (Å²) in [5.41, 5.74) is -1.17. The summed E-state index contributed by atoms with van der Waals surface area (Å²) >= 11 is 0. The van der Waals surface area contributed by atoms with E-state index in [1.165, 1.54) is 29.7 Å². The number of aromatic nitrogens is 2. The fourth-order valence-electron chi connectivity index (χ4n) is 1.95. The molecule has 142 valence electrons. The number of halogens is 3. The van der Waals surface area contributed by atoms with Crippen molar-refractivity contribution in [2.45, 2.75) is 17.8 Å². The molecule has 1 aliphatic heterocycles. The lowest BCUT2D eigenvalue weighted by molar-refractivity contribution is -0.137. The number of nitrogens with one attached hydrogen (secondary N) is 1. The molecule has 1 aromatic heterocycles. The number of alkyl halides is 3. The van der Waals surface area contributed by atoms with Gasteiger partial charge in [-0.15, -0.1) is 0 Å². The summed E-state index contributed by atoms with van der Waals surface area (Å²) in [5.74, 6) is -0.968. The summed E-state index contributed by atoms with van der Waals surface area (Å²) in [7, 11) is -3.86. The molecular formula is C14H15F3N4O4S. The number of carbonyl (C=O) groups excluding carboxylic acids is 1. The number of ether oxygens (including phenoxy) is 1. The Balaban J connectivity index is 2.07. The highest BCUT2D eigenvalue weighted by molar-refractivity contribution is 7.90. The monoisotopic (exact) mass is 392 g/mol. The zero-order chi connectivity index (χ0) is 19.4. The Hall–Kier alpha value is -2.63. The average molecular weight is 392 g/mol. The number of carbonyl (C=O) groups is 1. The van der Waals surface area contributed by atoms with Gasteiger partial charge in [-0.3, -0.25) is 4.79 Å². The number of hydrogen-bond acceptors (Lipinski definition) is 7. The molecule has 0 aliphatic carbocycles. The smallest absolute Gasteiger partial charge is 0.421 e. The molecule has 0 bridgehead atoms. The molecule has 1 amide bonds. The molecule has 8 nitrogen and oxygen atoms in total. The molecule has 0 saturated carbocycles. The molecule has 12 heteroatoms.